The SMILES string of the molecule is CC(C)N(Cc1ccccc1)C(=O)CCCCC(=O)O. The van der Waals surface area contributed by atoms with Gasteiger partial charge in [0.25, 0.3) is 0 Å². The van der Waals surface area contributed by atoms with Gasteiger partial charge in [0.15, 0.2) is 0 Å². The molecular weight excluding hydrogens is 254 g/mol. The molecule has 1 N–H and O–H groups in total. The van der Waals surface area contributed by atoms with Gasteiger partial charge in [-0.3, -0.25) is 9.59 Å². The first kappa shape index (κ1) is 16.2. The van der Waals surface area contributed by atoms with Crippen LogP contribution in [0, 0.1) is 0 Å². The van der Waals surface area contributed by atoms with Gasteiger partial charge >= 0.3 is 5.97 Å². The molecule has 110 valence electrons. The van der Waals surface area contributed by atoms with Crippen molar-refractivity contribution < 1.29 is 14.7 Å². The molecule has 0 atom stereocenters. The lowest BCUT2D eigenvalue weighted by molar-refractivity contribution is -0.138. The first-order valence-electron chi connectivity index (χ1n) is 7.06. The molecule has 1 amide bonds. The lowest BCUT2D eigenvalue weighted by Crippen LogP contribution is -2.36. The number of carbonyl (C=O) groups excluding carboxylic acids is 1. The standard InChI is InChI=1S/C16H23NO3/c1-13(2)17(12-14-8-4-3-5-9-14)15(18)10-6-7-11-16(19)20/h3-5,8-9,13H,6-7,10-12H2,1-2H3,(H,19,20). The number of nitrogens with zero attached hydrogens (tertiary/aromatic N) is 1. The molecule has 0 aliphatic rings. The average molecular weight is 277 g/mol. The van der Waals surface area contributed by atoms with Gasteiger partial charge in [0.2, 0.25) is 5.91 Å². The monoisotopic (exact) mass is 277 g/mol. The minimum absolute atomic E-state index is 0.0919. The fourth-order valence-electron chi connectivity index (χ4n) is 2.03. The molecule has 1 aromatic carbocycles. The van der Waals surface area contributed by atoms with E-state index in [9.17, 15) is 9.59 Å². The van der Waals surface area contributed by atoms with Crippen LogP contribution in [0.25, 0.3) is 0 Å². The van der Waals surface area contributed by atoms with Crippen molar-refractivity contribution in [1.82, 2.24) is 4.90 Å². The zero-order valence-corrected chi connectivity index (χ0v) is 12.2. The van der Waals surface area contributed by atoms with Crippen LogP contribution in [0.5, 0.6) is 0 Å². The van der Waals surface area contributed by atoms with Crippen LogP contribution < -0.4 is 0 Å². The van der Waals surface area contributed by atoms with Crippen molar-refractivity contribution in [3.05, 3.63) is 35.9 Å². The summed E-state index contributed by atoms with van der Waals surface area (Å²) in [5.41, 5.74) is 1.11. The van der Waals surface area contributed by atoms with E-state index in [0.29, 0.717) is 25.8 Å². The molecule has 1 rings (SSSR count). The number of amides is 1. The normalized spacial score (nSPS) is 10.6. The Bertz CT molecular complexity index is 429. The molecular formula is C16H23NO3. The van der Waals surface area contributed by atoms with Crippen molar-refractivity contribution in [3.63, 3.8) is 0 Å². The number of rotatable bonds is 8. The molecule has 20 heavy (non-hydrogen) atoms. The first-order valence-corrected chi connectivity index (χ1v) is 7.06. The van der Waals surface area contributed by atoms with E-state index in [1.165, 1.54) is 0 Å². The summed E-state index contributed by atoms with van der Waals surface area (Å²) in [6.45, 7) is 4.60. The van der Waals surface area contributed by atoms with Crippen LogP contribution in [0.2, 0.25) is 0 Å². The van der Waals surface area contributed by atoms with E-state index in [2.05, 4.69) is 0 Å². The summed E-state index contributed by atoms with van der Waals surface area (Å²) in [5.74, 6) is -0.711. The van der Waals surface area contributed by atoms with Crippen LogP contribution in [0.1, 0.15) is 45.1 Å². The topological polar surface area (TPSA) is 57.6 Å². The second kappa shape index (κ2) is 8.35. The van der Waals surface area contributed by atoms with Gasteiger partial charge in [-0.15, -0.1) is 0 Å². The lowest BCUT2D eigenvalue weighted by Gasteiger charge is -2.27. The molecule has 0 spiro atoms. The molecule has 0 radical (unpaired) electrons. The van der Waals surface area contributed by atoms with Crippen molar-refractivity contribution in [2.75, 3.05) is 0 Å². The molecule has 0 saturated carbocycles. The predicted molar refractivity (Wildman–Crippen MR) is 78.2 cm³/mol. The van der Waals surface area contributed by atoms with Gasteiger partial charge < -0.3 is 10.0 Å². The van der Waals surface area contributed by atoms with E-state index in [1.54, 1.807) is 0 Å². The number of hydrogen-bond acceptors (Lipinski definition) is 2. The van der Waals surface area contributed by atoms with Gasteiger partial charge in [0.1, 0.15) is 0 Å². The highest BCUT2D eigenvalue weighted by molar-refractivity contribution is 5.76. The minimum Gasteiger partial charge on any atom is -0.481 e. The molecule has 0 heterocycles. The first-order chi connectivity index (χ1) is 9.50. The summed E-state index contributed by atoms with van der Waals surface area (Å²) >= 11 is 0. The van der Waals surface area contributed by atoms with E-state index < -0.39 is 5.97 Å². The third kappa shape index (κ3) is 5.87. The second-order valence-electron chi connectivity index (χ2n) is 5.20. The highest BCUT2D eigenvalue weighted by Crippen LogP contribution is 2.12. The predicted octanol–water partition coefficient (Wildman–Crippen LogP) is 3.07. The molecule has 0 saturated heterocycles. The number of hydrogen-bond donors (Lipinski definition) is 1. The summed E-state index contributed by atoms with van der Waals surface area (Å²) < 4.78 is 0. The molecule has 0 aromatic heterocycles. The maximum Gasteiger partial charge on any atom is 0.303 e. The molecule has 0 bridgehead atoms. The van der Waals surface area contributed by atoms with Crippen LogP contribution in [0.3, 0.4) is 0 Å². The van der Waals surface area contributed by atoms with Crippen molar-refractivity contribution in [3.8, 4) is 0 Å². The summed E-state index contributed by atoms with van der Waals surface area (Å²) in [7, 11) is 0. The van der Waals surface area contributed by atoms with Crippen LogP contribution in [-0.4, -0.2) is 27.9 Å². The Morgan fingerprint density at radius 1 is 1.10 bits per heavy atom. The molecule has 0 aliphatic carbocycles. The molecule has 1 aromatic rings. The molecule has 0 aliphatic heterocycles. The second-order valence-corrected chi connectivity index (χ2v) is 5.20. The van der Waals surface area contributed by atoms with Crippen LogP contribution in [-0.2, 0) is 16.1 Å². The summed E-state index contributed by atoms with van der Waals surface area (Å²) in [6.07, 6.45) is 1.73. The Labute approximate surface area is 120 Å². The van der Waals surface area contributed by atoms with Crippen LogP contribution >= 0.6 is 0 Å². The number of benzene rings is 1. The Hall–Kier alpha value is -1.84. The minimum atomic E-state index is -0.803. The summed E-state index contributed by atoms with van der Waals surface area (Å²) in [6, 6.07) is 10.0. The zero-order chi connectivity index (χ0) is 15.0. The Morgan fingerprint density at radius 3 is 2.25 bits per heavy atom. The summed E-state index contributed by atoms with van der Waals surface area (Å²) in [5, 5.41) is 8.58. The van der Waals surface area contributed by atoms with Crippen molar-refractivity contribution in [1.29, 1.82) is 0 Å². The lowest BCUT2D eigenvalue weighted by atomic mass is 10.1. The average Bonchev–Trinajstić information content (AvgIpc) is 2.41. The smallest absolute Gasteiger partial charge is 0.303 e. The quantitative estimate of drug-likeness (QED) is 0.743. The number of carbonyl (C=O) groups is 2. The highest BCUT2D eigenvalue weighted by atomic mass is 16.4. The van der Waals surface area contributed by atoms with Crippen molar-refractivity contribution in [2.24, 2.45) is 0 Å². The van der Waals surface area contributed by atoms with E-state index in [4.69, 9.17) is 5.11 Å². The van der Waals surface area contributed by atoms with Crippen molar-refractivity contribution in [2.45, 2.75) is 52.1 Å². The van der Waals surface area contributed by atoms with Crippen LogP contribution in [0.15, 0.2) is 30.3 Å². The molecule has 0 fully saturated rings. The fourth-order valence-corrected chi connectivity index (χ4v) is 2.03. The number of carboxylic acids is 1. The summed E-state index contributed by atoms with van der Waals surface area (Å²) in [4.78, 5) is 24.5. The zero-order valence-electron chi connectivity index (χ0n) is 12.2. The Balaban J connectivity index is 2.49. The Morgan fingerprint density at radius 2 is 1.70 bits per heavy atom. The van der Waals surface area contributed by atoms with Crippen LogP contribution in [0.4, 0.5) is 0 Å². The third-order valence-electron chi connectivity index (χ3n) is 3.17. The number of carboxylic acid groups (broad SMARTS) is 1. The van der Waals surface area contributed by atoms with E-state index in [0.717, 1.165) is 5.56 Å². The third-order valence-corrected chi connectivity index (χ3v) is 3.17. The van der Waals surface area contributed by atoms with Gasteiger partial charge in [-0.1, -0.05) is 30.3 Å². The maximum absolute atomic E-state index is 12.2. The van der Waals surface area contributed by atoms with Gasteiger partial charge in [0, 0.05) is 25.4 Å². The van der Waals surface area contributed by atoms with Crippen molar-refractivity contribution >= 4 is 11.9 Å². The number of unbranched alkanes of at least 4 members (excludes halogenated alkanes) is 1. The van der Waals surface area contributed by atoms with E-state index in [-0.39, 0.29) is 18.4 Å². The van der Waals surface area contributed by atoms with Gasteiger partial charge in [-0.05, 0) is 32.3 Å². The molecule has 4 heteroatoms. The molecule has 4 nitrogen and oxygen atoms in total. The van der Waals surface area contributed by atoms with Gasteiger partial charge in [0.05, 0.1) is 0 Å². The van der Waals surface area contributed by atoms with E-state index >= 15 is 0 Å². The number of aliphatic carboxylic acids is 1. The van der Waals surface area contributed by atoms with Gasteiger partial charge in [-0.25, -0.2) is 0 Å². The van der Waals surface area contributed by atoms with E-state index in [1.807, 2.05) is 49.1 Å². The van der Waals surface area contributed by atoms with Gasteiger partial charge in [-0.2, -0.15) is 0 Å². The Kier molecular flexibility index (Phi) is 6.77. The highest BCUT2D eigenvalue weighted by Gasteiger charge is 2.16. The molecule has 0 unspecified atom stereocenters. The fraction of sp³-hybridized carbons (Fsp3) is 0.500. The maximum atomic E-state index is 12.2. The largest absolute Gasteiger partial charge is 0.481 e.